The lowest BCUT2D eigenvalue weighted by atomic mass is 9.99. The number of hydrogen-bond donors (Lipinski definition) is 2. The number of urea groups is 1. The Hall–Kier alpha value is -2.66. The Bertz CT molecular complexity index is 1060. The number of aliphatic hydroxyl groups excluding tert-OH is 1. The highest BCUT2D eigenvalue weighted by atomic mass is 16.7. The molecule has 3 saturated heterocycles. The highest BCUT2D eigenvalue weighted by Gasteiger charge is 2.49. The molecule has 5 atom stereocenters. The lowest BCUT2D eigenvalue weighted by molar-refractivity contribution is -0.161. The van der Waals surface area contributed by atoms with Crippen LogP contribution < -0.4 is 5.32 Å². The third-order valence-electron chi connectivity index (χ3n) is 8.44. The van der Waals surface area contributed by atoms with Gasteiger partial charge in [-0.1, -0.05) is 44.2 Å². The van der Waals surface area contributed by atoms with Gasteiger partial charge >= 0.3 is 12.1 Å². The number of carbonyl (C=O) groups is 2. The number of piperidine rings is 1. The maximum atomic E-state index is 13.5. The van der Waals surface area contributed by atoms with Gasteiger partial charge in [0.1, 0.15) is 5.76 Å². The summed E-state index contributed by atoms with van der Waals surface area (Å²) in [6, 6.07) is 8.95. The fourth-order valence-electron chi connectivity index (χ4n) is 6.35. The quantitative estimate of drug-likeness (QED) is 0.455. The fraction of sp³-hybridized carbons (Fsp3) is 0.667. The standard InChI is InChI=1S/C30H43N3O7/c1-19(2)15-33(30(36)32-11-9-22(37-3)10-12-32)16-26(34)25(13-20-7-5-4-6-8-20)31-29(35)40-27-21-14-23-24(27)18-39-28(23)38-17-21/h4-8,19,21-23,25-26,28,34H,9-18H2,1-3H3,(H,31,35)/t21?,23?,25-,26+,28?/m0/s1. The van der Waals surface area contributed by atoms with Gasteiger partial charge in [-0.25, -0.2) is 9.59 Å². The van der Waals surface area contributed by atoms with Gasteiger partial charge in [0, 0.05) is 44.2 Å². The summed E-state index contributed by atoms with van der Waals surface area (Å²) < 4.78 is 22.8. The van der Waals surface area contributed by atoms with Crippen molar-refractivity contribution in [2.24, 2.45) is 17.8 Å². The molecule has 3 unspecified atom stereocenters. The highest BCUT2D eigenvalue weighted by Crippen LogP contribution is 2.48. The van der Waals surface area contributed by atoms with Crippen LogP contribution in [-0.2, 0) is 25.4 Å². The molecule has 3 amide bonds. The monoisotopic (exact) mass is 557 g/mol. The van der Waals surface area contributed by atoms with E-state index in [9.17, 15) is 14.7 Å². The number of ether oxygens (including phenoxy) is 4. The smallest absolute Gasteiger partial charge is 0.412 e. The van der Waals surface area contributed by atoms with Gasteiger partial charge in [0.05, 0.1) is 38.0 Å². The van der Waals surface area contributed by atoms with Gasteiger partial charge in [-0.15, -0.1) is 0 Å². The second-order valence-electron chi connectivity index (χ2n) is 11.8. The Morgan fingerprint density at radius 3 is 2.60 bits per heavy atom. The van der Waals surface area contributed by atoms with E-state index in [2.05, 4.69) is 19.2 Å². The fourth-order valence-corrected chi connectivity index (χ4v) is 6.35. The molecule has 3 fully saturated rings. The van der Waals surface area contributed by atoms with Crippen molar-refractivity contribution >= 4 is 12.1 Å². The molecule has 0 radical (unpaired) electrons. The molecule has 220 valence electrons. The molecule has 10 nitrogen and oxygen atoms in total. The van der Waals surface area contributed by atoms with Crippen molar-refractivity contribution in [3.05, 3.63) is 47.2 Å². The van der Waals surface area contributed by atoms with E-state index in [-0.39, 0.29) is 42.7 Å². The minimum absolute atomic E-state index is 0.0461. The maximum absolute atomic E-state index is 13.5. The molecule has 1 aliphatic carbocycles. The van der Waals surface area contributed by atoms with E-state index in [1.807, 2.05) is 35.2 Å². The van der Waals surface area contributed by atoms with Crippen LogP contribution in [0.3, 0.4) is 0 Å². The van der Waals surface area contributed by atoms with Crippen LogP contribution in [0.25, 0.3) is 0 Å². The molecule has 1 aromatic rings. The summed E-state index contributed by atoms with van der Waals surface area (Å²) >= 11 is 0. The highest BCUT2D eigenvalue weighted by molar-refractivity contribution is 5.74. The van der Waals surface area contributed by atoms with E-state index in [4.69, 9.17) is 18.9 Å². The molecule has 4 aliphatic rings. The summed E-state index contributed by atoms with van der Waals surface area (Å²) in [6.45, 7) is 6.82. The molecule has 3 heterocycles. The molecule has 3 aliphatic heterocycles. The van der Waals surface area contributed by atoms with E-state index in [0.717, 1.165) is 30.4 Å². The van der Waals surface area contributed by atoms with Crippen molar-refractivity contribution in [1.29, 1.82) is 0 Å². The minimum Gasteiger partial charge on any atom is -0.414 e. The third kappa shape index (κ3) is 6.62. The average molecular weight is 558 g/mol. The van der Waals surface area contributed by atoms with Crippen LogP contribution in [0, 0.1) is 17.8 Å². The third-order valence-corrected chi connectivity index (χ3v) is 8.44. The van der Waals surface area contributed by atoms with Crippen LogP contribution in [0.15, 0.2) is 41.7 Å². The Morgan fingerprint density at radius 1 is 1.15 bits per heavy atom. The number of hydrogen-bond acceptors (Lipinski definition) is 7. The van der Waals surface area contributed by atoms with Gasteiger partial charge < -0.3 is 39.2 Å². The first-order chi connectivity index (χ1) is 19.3. The van der Waals surface area contributed by atoms with Crippen molar-refractivity contribution in [2.75, 3.05) is 46.5 Å². The van der Waals surface area contributed by atoms with E-state index in [0.29, 0.717) is 45.0 Å². The number of aliphatic hydroxyl groups is 1. The molecule has 0 aromatic heterocycles. The number of benzene rings is 1. The molecule has 2 N–H and O–H groups in total. The Labute approximate surface area is 236 Å². The Balaban J connectivity index is 1.27. The number of likely N-dealkylation sites (tertiary alicyclic amines) is 1. The average Bonchev–Trinajstić information content (AvgIpc) is 3.49. The van der Waals surface area contributed by atoms with Crippen LogP contribution in [0.5, 0.6) is 0 Å². The van der Waals surface area contributed by atoms with Crippen LogP contribution in [0.2, 0.25) is 0 Å². The molecular formula is C30H43N3O7. The number of nitrogens with zero attached hydrogens (tertiary/aromatic N) is 2. The summed E-state index contributed by atoms with van der Waals surface area (Å²) in [5.41, 5.74) is 1.98. The van der Waals surface area contributed by atoms with E-state index in [1.54, 1.807) is 12.0 Å². The van der Waals surface area contributed by atoms with Gasteiger partial charge in [0.25, 0.3) is 0 Å². The molecule has 1 aromatic carbocycles. The summed E-state index contributed by atoms with van der Waals surface area (Å²) in [6.07, 6.45) is 1.16. The molecular weight excluding hydrogens is 514 g/mol. The van der Waals surface area contributed by atoms with Crippen LogP contribution in [-0.4, -0.2) is 98.1 Å². The minimum atomic E-state index is -1.00. The van der Waals surface area contributed by atoms with Gasteiger partial charge in [0.15, 0.2) is 6.29 Å². The molecule has 0 saturated carbocycles. The molecule has 2 bridgehead atoms. The topological polar surface area (TPSA) is 110 Å². The van der Waals surface area contributed by atoms with E-state index >= 15 is 0 Å². The van der Waals surface area contributed by atoms with Crippen LogP contribution >= 0.6 is 0 Å². The lowest BCUT2D eigenvalue weighted by Gasteiger charge is -2.37. The number of nitrogens with one attached hydrogen (secondary N) is 1. The van der Waals surface area contributed by atoms with E-state index in [1.165, 1.54) is 0 Å². The normalized spacial score (nSPS) is 25.7. The summed E-state index contributed by atoms with van der Waals surface area (Å²) in [5, 5.41) is 14.4. The van der Waals surface area contributed by atoms with Crippen LogP contribution in [0.1, 0.15) is 38.7 Å². The first-order valence-corrected chi connectivity index (χ1v) is 14.6. The zero-order valence-corrected chi connectivity index (χ0v) is 23.8. The number of fused-ring (bicyclic) bond motifs is 1. The summed E-state index contributed by atoms with van der Waals surface area (Å²) in [4.78, 5) is 30.3. The van der Waals surface area contributed by atoms with Crippen molar-refractivity contribution in [3.8, 4) is 0 Å². The first kappa shape index (κ1) is 28.9. The number of methoxy groups -OCH3 is 1. The zero-order valence-electron chi connectivity index (χ0n) is 23.8. The Morgan fingerprint density at radius 2 is 1.90 bits per heavy atom. The second-order valence-corrected chi connectivity index (χ2v) is 11.8. The van der Waals surface area contributed by atoms with Crippen molar-refractivity contribution in [1.82, 2.24) is 15.1 Å². The van der Waals surface area contributed by atoms with Gasteiger partial charge in [0.2, 0.25) is 0 Å². The van der Waals surface area contributed by atoms with Crippen LogP contribution in [0.4, 0.5) is 9.59 Å². The predicted molar refractivity (Wildman–Crippen MR) is 147 cm³/mol. The number of carbonyl (C=O) groups excluding carboxylic acids is 2. The molecule has 10 heteroatoms. The number of amides is 3. The van der Waals surface area contributed by atoms with Gasteiger partial charge in [-0.3, -0.25) is 0 Å². The molecule has 0 spiro atoms. The largest absolute Gasteiger partial charge is 0.414 e. The predicted octanol–water partition coefficient (Wildman–Crippen LogP) is 3.15. The maximum Gasteiger partial charge on any atom is 0.412 e. The second kappa shape index (κ2) is 12.9. The van der Waals surface area contributed by atoms with E-state index < -0.39 is 18.2 Å². The van der Waals surface area contributed by atoms with Crippen molar-refractivity contribution in [3.63, 3.8) is 0 Å². The number of alkyl carbamates (subject to hydrolysis) is 1. The van der Waals surface area contributed by atoms with Gasteiger partial charge in [-0.2, -0.15) is 0 Å². The first-order valence-electron chi connectivity index (χ1n) is 14.6. The summed E-state index contributed by atoms with van der Waals surface area (Å²) in [5.74, 6) is 1.06. The van der Waals surface area contributed by atoms with Crippen molar-refractivity contribution in [2.45, 2.75) is 64.1 Å². The lowest BCUT2D eigenvalue weighted by Crippen LogP contribution is -2.54. The SMILES string of the molecule is COC1CCN(C(=O)N(CC(C)C)C[C@@H](O)[C@H](Cc2ccccc2)NC(=O)OC2=C3COC4OCC2CC34)CC1. The number of rotatable bonds is 10. The Kier molecular flexibility index (Phi) is 9.30. The summed E-state index contributed by atoms with van der Waals surface area (Å²) in [7, 11) is 1.70. The van der Waals surface area contributed by atoms with Crippen molar-refractivity contribution < 1.29 is 33.6 Å². The molecule has 5 rings (SSSR count). The zero-order chi connectivity index (χ0) is 28.2. The van der Waals surface area contributed by atoms with Gasteiger partial charge in [-0.05, 0) is 37.2 Å². The molecule has 40 heavy (non-hydrogen) atoms.